The fourth-order valence-electron chi connectivity index (χ4n) is 1.89. The number of aromatic nitrogens is 1. The maximum absolute atomic E-state index is 11.9. The van der Waals surface area contributed by atoms with E-state index in [2.05, 4.69) is 15.6 Å². The van der Waals surface area contributed by atoms with Gasteiger partial charge in [0.15, 0.2) is 6.04 Å². The minimum absolute atomic E-state index is 0.459. The van der Waals surface area contributed by atoms with Crippen LogP contribution in [-0.2, 0) is 4.79 Å². The molecule has 2 amide bonds. The maximum atomic E-state index is 11.9. The van der Waals surface area contributed by atoms with Crippen molar-refractivity contribution in [1.82, 2.24) is 10.3 Å². The van der Waals surface area contributed by atoms with E-state index in [0.29, 0.717) is 11.2 Å². The number of para-hydroxylation sites is 1. The molecule has 0 aliphatic carbocycles. The van der Waals surface area contributed by atoms with Gasteiger partial charge in [0.1, 0.15) is 0 Å². The zero-order valence-electron chi connectivity index (χ0n) is 11.3. The van der Waals surface area contributed by atoms with Gasteiger partial charge in [0.25, 0.3) is 0 Å². The lowest BCUT2D eigenvalue weighted by molar-refractivity contribution is -0.141. The van der Waals surface area contributed by atoms with Gasteiger partial charge in [-0.25, -0.2) is 9.59 Å². The number of carboxylic acid groups (broad SMARTS) is 1. The van der Waals surface area contributed by atoms with Crippen molar-refractivity contribution < 1.29 is 19.8 Å². The van der Waals surface area contributed by atoms with E-state index < -0.39 is 24.1 Å². The molecule has 1 aromatic heterocycles. The van der Waals surface area contributed by atoms with E-state index in [1.165, 1.54) is 6.92 Å². The summed E-state index contributed by atoms with van der Waals surface area (Å²) in [5.74, 6) is -1.31. The van der Waals surface area contributed by atoms with Gasteiger partial charge in [-0.1, -0.05) is 18.2 Å². The molecule has 2 rings (SSSR count). The highest BCUT2D eigenvalue weighted by atomic mass is 16.4. The summed E-state index contributed by atoms with van der Waals surface area (Å²) in [6.45, 7) is 1.29. The van der Waals surface area contributed by atoms with Crippen LogP contribution in [0.25, 0.3) is 10.9 Å². The number of aliphatic hydroxyl groups is 1. The van der Waals surface area contributed by atoms with Crippen molar-refractivity contribution >= 4 is 28.6 Å². The van der Waals surface area contributed by atoms with Crippen LogP contribution in [0.5, 0.6) is 0 Å². The van der Waals surface area contributed by atoms with Crippen molar-refractivity contribution in [3.63, 3.8) is 0 Å². The van der Waals surface area contributed by atoms with Crippen LogP contribution in [0.3, 0.4) is 0 Å². The number of urea groups is 1. The number of benzene rings is 1. The van der Waals surface area contributed by atoms with Crippen LogP contribution in [0, 0.1) is 0 Å². The number of anilines is 1. The van der Waals surface area contributed by atoms with Gasteiger partial charge in [0.2, 0.25) is 0 Å². The molecule has 4 N–H and O–H groups in total. The predicted molar refractivity (Wildman–Crippen MR) is 77.0 cm³/mol. The molecule has 2 atom stereocenters. The molecule has 110 valence electrons. The maximum Gasteiger partial charge on any atom is 0.328 e. The Morgan fingerprint density at radius 3 is 2.62 bits per heavy atom. The van der Waals surface area contributed by atoms with E-state index >= 15 is 0 Å². The summed E-state index contributed by atoms with van der Waals surface area (Å²) in [5.41, 5.74) is 1.06. The third kappa shape index (κ3) is 3.46. The van der Waals surface area contributed by atoms with Crippen molar-refractivity contribution in [2.75, 3.05) is 5.32 Å². The lowest BCUT2D eigenvalue weighted by atomic mass is 10.2. The van der Waals surface area contributed by atoms with Crippen LogP contribution >= 0.6 is 0 Å². The van der Waals surface area contributed by atoms with E-state index in [-0.39, 0.29) is 0 Å². The first-order chi connectivity index (χ1) is 9.99. The van der Waals surface area contributed by atoms with Gasteiger partial charge in [-0.3, -0.25) is 4.98 Å². The zero-order valence-corrected chi connectivity index (χ0v) is 11.3. The van der Waals surface area contributed by atoms with Gasteiger partial charge in [-0.2, -0.15) is 0 Å². The molecule has 21 heavy (non-hydrogen) atoms. The standard InChI is InChI=1S/C14H15N3O4/c1-8(18)11(13(19)20)17-14(21)16-10-6-2-4-9-5-3-7-15-12(9)10/h2-8,11,18H,1H3,(H,19,20)(H2,16,17,21)/t8-,11+/m1/s1. The number of carboxylic acids is 1. The van der Waals surface area contributed by atoms with Crippen molar-refractivity contribution in [3.8, 4) is 0 Å². The number of nitrogens with zero attached hydrogens (tertiary/aromatic N) is 1. The number of carbonyl (C=O) groups excluding carboxylic acids is 1. The Morgan fingerprint density at radius 2 is 1.95 bits per heavy atom. The smallest absolute Gasteiger partial charge is 0.328 e. The largest absolute Gasteiger partial charge is 0.480 e. The number of aliphatic hydroxyl groups excluding tert-OH is 1. The van der Waals surface area contributed by atoms with Gasteiger partial charge in [-0.15, -0.1) is 0 Å². The van der Waals surface area contributed by atoms with Crippen molar-refractivity contribution in [2.45, 2.75) is 19.1 Å². The molecule has 0 aliphatic rings. The van der Waals surface area contributed by atoms with Gasteiger partial charge in [0, 0.05) is 11.6 Å². The molecule has 0 fully saturated rings. The molecular formula is C14H15N3O4. The number of nitrogens with one attached hydrogen (secondary N) is 2. The summed E-state index contributed by atoms with van der Waals surface area (Å²) in [7, 11) is 0. The third-order valence-corrected chi connectivity index (χ3v) is 2.92. The second kappa shape index (κ2) is 6.19. The Morgan fingerprint density at radius 1 is 1.24 bits per heavy atom. The Hall–Kier alpha value is -2.67. The zero-order chi connectivity index (χ0) is 15.4. The number of rotatable bonds is 4. The molecule has 7 nitrogen and oxygen atoms in total. The molecule has 0 saturated carbocycles. The minimum atomic E-state index is -1.38. The summed E-state index contributed by atoms with van der Waals surface area (Å²) in [5, 5.41) is 23.8. The first-order valence-corrected chi connectivity index (χ1v) is 6.31. The SMILES string of the molecule is C[C@@H](O)[C@H](NC(=O)Nc1cccc2cccnc12)C(=O)O. The highest BCUT2D eigenvalue weighted by Gasteiger charge is 2.25. The fourth-order valence-corrected chi connectivity index (χ4v) is 1.89. The van der Waals surface area contributed by atoms with E-state index in [4.69, 9.17) is 5.11 Å². The van der Waals surface area contributed by atoms with Crippen LogP contribution in [-0.4, -0.2) is 39.3 Å². The molecular weight excluding hydrogens is 274 g/mol. The average molecular weight is 289 g/mol. The number of pyridine rings is 1. The fraction of sp³-hybridized carbons (Fsp3) is 0.214. The second-order valence-corrected chi connectivity index (χ2v) is 4.54. The Bertz CT molecular complexity index is 667. The van der Waals surface area contributed by atoms with E-state index in [0.717, 1.165) is 5.39 Å². The lowest BCUT2D eigenvalue weighted by Crippen LogP contribution is -2.49. The Kier molecular flexibility index (Phi) is 4.34. The molecule has 0 saturated heterocycles. The van der Waals surface area contributed by atoms with Crippen LogP contribution in [0.1, 0.15) is 6.92 Å². The third-order valence-electron chi connectivity index (χ3n) is 2.92. The number of fused-ring (bicyclic) bond motifs is 1. The lowest BCUT2D eigenvalue weighted by Gasteiger charge is -2.17. The topological polar surface area (TPSA) is 112 Å². The molecule has 0 aliphatic heterocycles. The summed E-state index contributed by atoms with van der Waals surface area (Å²) in [6, 6.07) is 6.79. The molecule has 1 aromatic carbocycles. The summed E-state index contributed by atoms with van der Waals surface area (Å²) in [4.78, 5) is 27.0. The second-order valence-electron chi connectivity index (χ2n) is 4.54. The van der Waals surface area contributed by atoms with Gasteiger partial charge in [-0.05, 0) is 19.1 Å². The van der Waals surface area contributed by atoms with Crippen LogP contribution in [0.4, 0.5) is 10.5 Å². The van der Waals surface area contributed by atoms with Crippen molar-refractivity contribution in [2.24, 2.45) is 0 Å². The van der Waals surface area contributed by atoms with Gasteiger partial charge >= 0.3 is 12.0 Å². The van der Waals surface area contributed by atoms with Crippen molar-refractivity contribution in [1.29, 1.82) is 0 Å². The number of aliphatic carboxylic acids is 1. The summed E-state index contributed by atoms with van der Waals surface area (Å²) in [6.07, 6.45) is 0.389. The van der Waals surface area contributed by atoms with Crippen LogP contribution < -0.4 is 10.6 Å². The highest BCUT2D eigenvalue weighted by molar-refractivity contribution is 6.00. The molecule has 0 bridgehead atoms. The number of hydrogen-bond acceptors (Lipinski definition) is 4. The molecule has 0 spiro atoms. The monoisotopic (exact) mass is 289 g/mol. The first kappa shape index (κ1) is 14.7. The van der Waals surface area contributed by atoms with E-state index in [1.807, 2.05) is 12.1 Å². The molecule has 1 heterocycles. The first-order valence-electron chi connectivity index (χ1n) is 6.31. The Balaban J connectivity index is 2.17. The molecule has 2 aromatic rings. The Labute approximate surface area is 120 Å². The predicted octanol–water partition coefficient (Wildman–Crippen LogP) is 1.19. The number of carbonyl (C=O) groups is 2. The normalized spacial score (nSPS) is 13.4. The van der Waals surface area contributed by atoms with E-state index in [1.54, 1.807) is 24.4 Å². The van der Waals surface area contributed by atoms with Gasteiger partial charge < -0.3 is 20.8 Å². The summed E-state index contributed by atoms with van der Waals surface area (Å²) < 4.78 is 0. The van der Waals surface area contributed by atoms with Crippen LogP contribution in [0.15, 0.2) is 36.5 Å². The highest BCUT2D eigenvalue weighted by Crippen LogP contribution is 2.20. The van der Waals surface area contributed by atoms with Crippen molar-refractivity contribution in [3.05, 3.63) is 36.5 Å². The molecule has 7 heteroatoms. The minimum Gasteiger partial charge on any atom is -0.480 e. The number of amides is 2. The van der Waals surface area contributed by atoms with Crippen LogP contribution in [0.2, 0.25) is 0 Å². The molecule has 0 unspecified atom stereocenters. The molecule has 0 radical (unpaired) electrons. The number of hydrogen-bond donors (Lipinski definition) is 4. The summed E-state index contributed by atoms with van der Waals surface area (Å²) >= 11 is 0. The van der Waals surface area contributed by atoms with E-state index in [9.17, 15) is 14.7 Å². The van der Waals surface area contributed by atoms with Gasteiger partial charge in [0.05, 0.1) is 17.3 Å². The average Bonchev–Trinajstić information content (AvgIpc) is 2.44. The quantitative estimate of drug-likeness (QED) is 0.675.